The number of hydrogen-bond acceptors (Lipinski definition) is 6. The largest absolute Gasteiger partial charge is 0.493 e. The van der Waals surface area contributed by atoms with Crippen molar-refractivity contribution in [1.29, 1.82) is 0 Å². The molecule has 1 unspecified atom stereocenters. The van der Waals surface area contributed by atoms with Crippen molar-refractivity contribution in [2.45, 2.75) is 19.1 Å². The first-order valence-corrected chi connectivity index (χ1v) is 8.92. The fraction of sp³-hybridized carbons (Fsp3) is 0.300. The first-order chi connectivity index (χ1) is 14.0. The summed E-state index contributed by atoms with van der Waals surface area (Å²) in [4.78, 5) is 16.4. The summed E-state index contributed by atoms with van der Waals surface area (Å²) >= 11 is 0. The quantitative estimate of drug-likeness (QED) is 0.609. The Balaban J connectivity index is 2.11. The summed E-state index contributed by atoms with van der Waals surface area (Å²) in [6.45, 7) is 1.65. The maximum atomic E-state index is 13.1. The van der Waals surface area contributed by atoms with Crippen LogP contribution in [0.5, 0.6) is 11.5 Å². The summed E-state index contributed by atoms with van der Waals surface area (Å²) in [7, 11) is 4.51. The highest BCUT2D eigenvalue weighted by Gasteiger charge is 2.31. The van der Waals surface area contributed by atoms with E-state index in [1.165, 1.54) is 24.9 Å². The molecule has 0 aliphatic heterocycles. The molecule has 30 heavy (non-hydrogen) atoms. The van der Waals surface area contributed by atoms with Crippen LogP contribution in [-0.4, -0.2) is 23.8 Å². The number of aryl methyl sites for hydroxylation is 1. The van der Waals surface area contributed by atoms with Gasteiger partial charge in [0, 0.05) is 24.2 Å². The van der Waals surface area contributed by atoms with Gasteiger partial charge in [0.15, 0.2) is 11.5 Å². The number of benzene rings is 2. The number of ether oxygens (including phenoxy) is 2. The molecule has 3 aromatic rings. The minimum Gasteiger partial charge on any atom is -0.493 e. The zero-order valence-electron chi connectivity index (χ0n) is 16.8. The Morgan fingerprint density at radius 1 is 1.10 bits per heavy atom. The predicted octanol–water partition coefficient (Wildman–Crippen LogP) is 3.72. The molecule has 10 heteroatoms. The Kier molecular flexibility index (Phi) is 5.51. The summed E-state index contributed by atoms with van der Waals surface area (Å²) in [5, 5.41) is 3.56. The fourth-order valence-corrected chi connectivity index (χ4v) is 3.16. The number of nitrogen functional groups attached to an aromatic ring is 1. The van der Waals surface area contributed by atoms with E-state index in [1.807, 2.05) is 0 Å². The molecular weight excluding hydrogens is 401 g/mol. The van der Waals surface area contributed by atoms with E-state index < -0.39 is 23.5 Å². The van der Waals surface area contributed by atoms with E-state index in [1.54, 1.807) is 26.1 Å². The number of halogens is 3. The van der Waals surface area contributed by atoms with Crippen LogP contribution in [0.4, 0.5) is 24.7 Å². The van der Waals surface area contributed by atoms with E-state index in [9.17, 15) is 18.0 Å². The van der Waals surface area contributed by atoms with E-state index in [4.69, 9.17) is 15.2 Å². The minimum atomic E-state index is -4.53. The average Bonchev–Trinajstić information content (AvgIpc) is 2.69. The van der Waals surface area contributed by atoms with Crippen LogP contribution < -0.4 is 26.2 Å². The lowest BCUT2D eigenvalue weighted by molar-refractivity contribution is -0.137. The number of nitrogens with one attached hydrogen (secondary N) is 1. The summed E-state index contributed by atoms with van der Waals surface area (Å²) < 4.78 is 51.4. The molecule has 1 atom stereocenters. The third-order valence-electron chi connectivity index (χ3n) is 4.77. The van der Waals surface area contributed by atoms with Crippen molar-refractivity contribution < 1.29 is 22.6 Å². The van der Waals surface area contributed by atoms with Crippen LogP contribution in [0, 0.1) is 0 Å². The van der Waals surface area contributed by atoms with Crippen LogP contribution in [0.1, 0.15) is 24.1 Å². The molecule has 2 aromatic carbocycles. The molecule has 0 spiro atoms. The van der Waals surface area contributed by atoms with E-state index in [2.05, 4.69) is 10.3 Å². The Bertz CT molecular complexity index is 1160. The van der Waals surface area contributed by atoms with E-state index in [0.717, 1.165) is 12.1 Å². The standard InChI is InChI=1S/C20H21F3N4O3/c1-10(11-5-12(20(21,22)23)7-13(24)6-11)25-18-14-8-16(29-3)17(30-4)9-15(14)27(2)19(28)26-18/h5-10H,24H2,1-4H3,(H,25,26,28). The Morgan fingerprint density at radius 3 is 2.33 bits per heavy atom. The average molecular weight is 422 g/mol. The fourth-order valence-electron chi connectivity index (χ4n) is 3.16. The number of anilines is 2. The highest BCUT2D eigenvalue weighted by molar-refractivity contribution is 5.92. The Labute approximate surface area is 170 Å². The number of fused-ring (bicyclic) bond motifs is 1. The Hall–Kier alpha value is -3.43. The van der Waals surface area contributed by atoms with Crippen molar-refractivity contribution in [2.24, 2.45) is 7.05 Å². The number of aromatic nitrogens is 2. The van der Waals surface area contributed by atoms with Crippen LogP contribution in [0.3, 0.4) is 0 Å². The van der Waals surface area contributed by atoms with Crippen LogP contribution >= 0.6 is 0 Å². The number of rotatable bonds is 5. The molecule has 0 saturated heterocycles. The third-order valence-corrected chi connectivity index (χ3v) is 4.77. The Morgan fingerprint density at radius 2 is 1.73 bits per heavy atom. The lowest BCUT2D eigenvalue weighted by atomic mass is 10.0. The number of methoxy groups -OCH3 is 2. The van der Waals surface area contributed by atoms with Crippen molar-refractivity contribution in [1.82, 2.24) is 9.55 Å². The van der Waals surface area contributed by atoms with Crippen molar-refractivity contribution >= 4 is 22.4 Å². The smallest absolute Gasteiger partial charge is 0.416 e. The molecule has 0 radical (unpaired) electrons. The van der Waals surface area contributed by atoms with Crippen molar-refractivity contribution in [3.8, 4) is 11.5 Å². The molecule has 0 bridgehead atoms. The third kappa shape index (κ3) is 3.98. The molecule has 3 rings (SSSR count). The number of nitrogens with two attached hydrogens (primary N) is 1. The molecule has 0 amide bonds. The highest BCUT2D eigenvalue weighted by Crippen LogP contribution is 2.36. The first-order valence-electron chi connectivity index (χ1n) is 8.92. The van der Waals surface area contributed by atoms with Gasteiger partial charge in [-0.2, -0.15) is 18.2 Å². The van der Waals surface area contributed by atoms with E-state index >= 15 is 0 Å². The van der Waals surface area contributed by atoms with Gasteiger partial charge in [-0.25, -0.2) is 4.79 Å². The van der Waals surface area contributed by atoms with Gasteiger partial charge in [0.2, 0.25) is 0 Å². The lowest BCUT2D eigenvalue weighted by Gasteiger charge is -2.20. The molecule has 3 N–H and O–H groups in total. The maximum absolute atomic E-state index is 13.1. The van der Waals surface area contributed by atoms with Crippen LogP contribution in [0.2, 0.25) is 0 Å². The molecule has 0 saturated carbocycles. The second-order valence-corrected chi connectivity index (χ2v) is 6.78. The van der Waals surface area contributed by atoms with Crippen molar-refractivity contribution in [3.05, 3.63) is 51.9 Å². The van der Waals surface area contributed by atoms with Gasteiger partial charge in [-0.05, 0) is 36.8 Å². The lowest BCUT2D eigenvalue weighted by Crippen LogP contribution is -2.23. The normalized spacial score (nSPS) is 12.6. The molecule has 7 nitrogen and oxygen atoms in total. The summed E-state index contributed by atoms with van der Waals surface area (Å²) in [6.07, 6.45) is -4.53. The molecular formula is C20H21F3N4O3. The predicted molar refractivity (Wildman–Crippen MR) is 108 cm³/mol. The number of alkyl halides is 3. The zero-order chi connectivity index (χ0) is 22.2. The summed E-state index contributed by atoms with van der Waals surface area (Å²) in [5.74, 6) is 1.05. The zero-order valence-corrected chi connectivity index (χ0v) is 16.8. The minimum absolute atomic E-state index is 0.0123. The molecule has 1 heterocycles. The topological polar surface area (TPSA) is 91.4 Å². The highest BCUT2D eigenvalue weighted by atomic mass is 19.4. The van der Waals surface area contributed by atoms with Gasteiger partial charge < -0.3 is 20.5 Å². The second-order valence-electron chi connectivity index (χ2n) is 6.78. The van der Waals surface area contributed by atoms with E-state index in [-0.39, 0.29) is 11.5 Å². The summed E-state index contributed by atoms with van der Waals surface area (Å²) in [5.41, 5.74) is 5.09. The van der Waals surface area contributed by atoms with Gasteiger partial charge in [0.1, 0.15) is 5.82 Å². The second kappa shape index (κ2) is 7.77. The number of nitrogens with zero attached hydrogens (tertiary/aromatic N) is 2. The monoisotopic (exact) mass is 422 g/mol. The summed E-state index contributed by atoms with van der Waals surface area (Å²) in [6, 6.07) is 6.00. The van der Waals surface area contributed by atoms with Crippen LogP contribution in [-0.2, 0) is 13.2 Å². The van der Waals surface area contributed by atoms with Gasteiger partial charge in [-0.1, -0.05) is 0 Å². The van der Waals surface area contributed by atoms with Gasteiger partial charge in [-0.15, -0.1) is 0 Å². The molecule has 1 aromatic heterocycles. The van der Waals surface area contributed by atoms with Gasteiger partial charge in [0.25, 0.3) is 0 Å². The van der Waals surface area contributed by atoms with Crippen LogP contribution in [0.15, 0.2) is 35.1 Å². The van der Waals surface area contributed by atoms with E-state index in [0.29, 0.717) is 28.0 Å². The molecule has 0 fully saturated rings. The maximum Gasteiger partial charge on any atom is 0.416 e. The molecule has 0 aliphatic carbocycles. The SMILES string of the molecule is COc1cc2c(NC(C)c3cc(N)cc(C(F)(F)F)c3)nc(=O)n(C)c2cc1OC. The van der Waals surface area contributed by atoms with Crippen molar-refractivity contribution in [2.75, 3.05) is 25.3 Å². The number of hydrogen-bond donors (Lipinski definition) is 2. The van der Waals surface area contributed by atoms with Gasteiger partial charge in [-0.3, -0.25) is 4.57 Å². The van der Waals surface area contributed by atoms with Crippen molar-refractivity contribution in [3.63, 3.8) is 0 Å². The van der Waals surface area contributed by atoms with Gasteiger partial charge >= 0.3 is 11.9 Å². The van der Waals surface area contributed by atoms with Crippen LogP contribution in [0.25, 0.3) is 10.9 Å². The molecule has 0 aliphatic rings. The first kappa shape index (κ1) is 21.3. The molecule has 160 valence electrons. The van der Waals surface area contributed by atoms with Gasteiger partial charge in [0.05, 0.1) is 31.3 Å².